The van der Waals surface area contributed by atoms with Gasteiger partial charge in [-0.3, -0.25) is 14.9 Å². The van der Waals surface area contributed by atoms with Crippen LogP contribution >= 0.6 is 23.4 Å². The van der Waals surface area contributed by atoms with Gasteiger partial charge >= 0.3 is 5.69 Å². The molecule has 1 heterocycles. The van der Waals surface area contributed by atoms with Gasteiger partial charge in [0.15, 0.2) is 11.5 Å². The summed E-state index contributed by atoms with van der Waals surface area (Å²) in [6.45, 7) is 1.71. The number of rotatable bonds is 8. The largest absolute Gasteiger partial charge is 0.479 e. The maximum atomic E-state index is 12.8. The summed E-state index contributed by atoms with van der Waals surface area (Å²) in [5.74, 6) is 0.176. The molecule has 0 bridgehead atoms. The van der Waals surface area contributed by atoms with Crippen molar-refractivity contribution in [2.75, 3.05) is 5.32 Å². The van der Waals surface area contributed by atoms with Crippen molar-refractivity contribution in [2.24, 2.45) is 0 Å². The van der Waals surface area contributed by atoms with E-state index in [0.29, 0.717) is 16.5 Å². The number of benzene rings is 3. The Morgan fingerprint density at radius 3 is 2.62 bits per heavy atom. The first-order valence-corrected chi connectivity index (χ1v) is 11.4. The van der Waals surface area contributed by atoms with Gasteiger partial charge in [0.05, 0.1) is 10.6 Å². The van der Waals surface area contributed by atoms with Gasteiger partial charge in [-0.15, -0.1) is 0 Å². The van der Waals surface area contributed by atoms with E-state index >= 15 is 0 Å². The molecule has 4 aromatic rings. The minimum atomic E-state index is -0.497. The van der Waals surface area contributed by atoms with E-state index in [4.69, 9.17) is 20.8 Å². The Morgan fingerprint density at radius 1 is 1.09 bits per heavy atom. The third kappa shape index (κ3) is 5.78. The van der Waals surface area contributed by atoms with Crippen molar-refractivity contribution < 1.29 is 18.9 Å². The molecule has 9 heteroatoms. The maximum absolute atomic E-state index is 12.8. The summed E-state index contributed by atoms with van der Waals surface area (Å²) in [6, 6.07) is 22.7. The van der Waals surface area contributed by atoms with Crippen LogP contribution in [0, 0.1) is 17.0 Å². The number of furan rings is 1. The van der Waals surface area contributed by atoms with E-state index in [9.17, 15) is 14.9 Å². The molecule has 4 rings (SSSR count). The highest BCUT2D eigenvalue weighted by molar-refractivity contribution is 7.99. The summed E-state index contributed by atoms with van der Waals surface area (Å²) >= 11 is 7.45. The van der Waals surface area contributed by atoms with Crippen LogP contribution < -0.4 is 10.1 Å². The van der Waals surface area contributed by atoms with Crippen LogP contribution in [0.5, 0.6) is 5.75 Å². The fourth-order valence-electron chi connectivity index (χ4n) is 3.09. The SMILES string of the molecule is Cc1ccc(OCc2ccc(C(=O)Nc3ccccc3Sc3ccc(Cl)cc3)o2)c([N+](=O)[O-])c1. The first kappa shape index (κ1) is 23.4. The van der Waals surface area contributed by atoms with E-state index in [-0.39, 0.29) is 23.8 Å². The highest BCUT2D eigenvalue weighted by atomic mass is 35.5. The summed E-state index contributed by atoms with van der Waals surface area (Å²) in [7, 11) is 0. The van der Waals surface area contributed by atoms with Gasteiger partial charge < -0.3 is 14.5 Å². The highest BCUT2D eigenvalue weighted by Crippen LogP contribution is 2.34. The van der Waals surface area contributed by atoms with Gasteiger partial charge in [-0.25, -0.2) is 0 Å². The normalized spacial score (nSPS) is 10.6. The zero-order chi connectivity index (χ0) is 24.1. The number of para-hydroxylation sites is 1. The summed E-state index contributed by atoms with van der Waals surface area (Å²) in [4.78, 5) is 25.4. The smallest absolute Gasteiger partial charge is 0.311 e. The molecule has 1 aromatic heterocycles. The van der Waals surface area contributed by atoms with E-state index in [1.807, 2.05) is 42.5 Å². The van der Waals surface area contributed by atoms with Gasteiger partial charge in [0.2, 0.25) is 0 Å². The molecule has 0 aliphatic carbocycles. The fraction of sp³-hybridized carbons (Fsp3) is 0.0800. The third-order valence-corrected chi connectivity index (χ3v) is 6.08. The molecule has 172 valence electrons. The van der Waals surface area contributed by atoms with E-state index in [0.717, 1.165) is 15.4 Å². The fourth-order valence-corrected chi connectivity index (χ4v) is 4.12. The van der Waals surface area contributed by atoms with Crippen molar-refractivity contribution in [3.8, 4) is 5.75 Å². The molecule has 3 aromatic carbocycles. The zero-order valence-electron chi connectivity index (χ0n) is 18.0. The highest BCUT2D eigenvalue weighted by Gasteiger charge is 2.17. The molecule has 0 fully saturated rings. The molecule has 0 unspecified atom stereocenters. The number of nitro groups is 1. The number of halogens is 1. The lowest BCUT2D eigenvalue weighted by Crippen LogP contribution is -2.11. The van der Waals surface area contributed by atoms with Crippen LogP contribution in [0.25, 0.3) is 0 Å². The van der Waals surface area contributed by atoms with Crippen LogP contribution in [0.1, 0.15) is 21.9 Å². The Kier molecular flexibility index (Phi) is 7.20. The number of aryl methyl sites for hydroxylation is 1. The van der Waals surface area contributed by atoms with Crippen LogP contribution in [0.15, 0.2) is 93.1 Å². The van der Waals surface area contributed by atoms with E-state index in [1.165, 1.54) is 23.9 Å². The molecule has 0 spiro atoms. The van der Waals surface area contributed by atoms with Gasteiger partial charge in [-0.1, -0.05) is 41.6 Å². The summed E-state index contributed by atoms with van der Waals surface area (Å²) < 4.78 is 11.2. The predicted octanol–water partition coefficient (Wildman–Crippen LogP) is 7.13. The second-order valence-corrected chi connectivity index (χ2v) is 8.84. The number of nitrogens with one attached hydrogen (secondary N) is 1. The Morgan fingerprint density at radius 2 is 1.85 bits per heavy atom. The molecule has 34 heavy (non-hydrogen) atoms. The molecule has 0 aliphatic rings. The number of anilines is 1. The molecule has 7 nitrogen and oxygen atoms in total. The van der Waals surface area contributed by atoms with Crippen LogP contribution in [0.2, 0.25) is 5.02 Å². The molecule has 0 atom stereocenters. The van der Waals surface area contributed by atoms with Crippen LogP contribution in [0.3, 0.4) is 0 Å². The first-order valence-electron chi connectivity index (χ1n) is 10.2. The van der Waals surface area contributed by atoms with Crippen molar-refractivity contribution in [3.63, 3.8) is 0 Å². The average Bonchev–Trinajstić information content (AvgIpc) is 3.30. The van der Waals surface area contributed by atoms with Crippen LogP contribution in [0.4, 0.5) is 11.4 Å². The molecular weight excluding hydrogens is 476 g/mol. The van der Waals surface area contributed by atoms with E-state index in [2.05, 4.69) is 5.32 Å². The van der Waals surface area contributed by atoms with Gasteiger partial charge in [0.25, 0.3) is 5.91 Å². The first-order chi connectivity index (χ1) is 16.4. The summed E-state index contributed by atoms with van der Waals surface area (Å²) in [6.07, 6.45) is 0. The Balaban J connectivity index is 1.43. The number of nitro benzene ring substituents is 1. The number of ether oxygens (including phenoxy) is 1. The molecule has 0 saturated heterocycles. The van der Waals surface area contributed by atoms with Gasteiger partial charge in [-0.2, -0.15) is 0 Å². The molecular formula is C25H19ClN2O5S. The molecule has 1 amide bonds. The van der Waals surface area contributed by atoms with Gasteiger partial charge in [-0.05, 0) is 67.1 Å². The maximum Gasteiger partial charge on any atom is 0.311 e. The summed E-state index contributed by atoms with van der Waals surface area (Å²) in [5, 5.41) is 14.8. The Hall–Kier alpha value is -3.75. The van der Waals surface area contributed by atoms with Crippen LogP contribution in [-0.2, 0) is 6.61 Å². The van der Waals surface area contributed by atoms with Gasteiger partial charge in [0, 0.05) is 20.9 Å². The number of nitrogens with zero attached hydrogens (tertiary/aromatic N) is 1. The Labute approximate surface area is 204 Å². The van der Waals surface area contributed by atoms with Crippen LogP contribution in [-0.4, -0.2) is 10.8 Å². The lowest BCUT2D eigenvalue weighted by atomic mass is 10.2. The molecule has 1 N–H and O–H groups in total. The number of carbonyl (C=O) groups excluding carboxylic acids is 1. The second-order valence-electron chi connectivity index (χ2n) is 7.29. The quantitative estimate of drug-likeness (QED) is 0.207. The number of hydrogen-bond donors (Lipinski definition) is 1. The molecule has 0 aliphatic heterocycles. The summed E-state index contributed by atoms with van der Waals surface area (Å²) in [5.41, 5.74) is 1.27. The topological polar surface area (TPSA) is 94.6 Å². The van der Waals surface area contributed by atoms with Crippen molar-refractivity contribution in [3.05, 3.63) is 111 Å². The van der Waals surface area contributed by atoms with E-state index in [1.54, 1.807) is 31.2 Å². The van der Waals surface area contributed by atoms with Crippen molar-refractivity contribution >= 4 is 40.6 Å². The lowest BCUT2D eigenvalue weighted by molar-refractivity contribution is -0.386. The standard InChI is InChI=1S/C25H19ClN2O5S/c1-16-6-12-22(21(14-16)28(30)31)32-15-18-9-13-23(33-18)25(29)27-20-4-2-3-5-24(20)34-19-10-7-17(26)8-11-19/h2-14H,15H2,1H3,(H,27,29). The lowest BCUT2D eigenvalue weighted by Gasteiger charge is -2.10. The predicted molar refractivity (Wildman–Crippen MR) is 131 cm³/mol. The van der Waals surface area contributed by atoms with Gasteiger partial charge in [0.1, 0.15) is 12.4 Å². The molecule has 0 radical (unpaired) electrons. The monoisotopic (exact) mass is 494 g/mol. The number of carbonyl (C=O) groups is 1. The van der Waals surface area contributed by atoms with Crippen molar-refractivity contribution in [1.29, 1.82) is 0 Å². The molecule has 0 saturated carbocycles. The third-order valence-electron chi connectivity index (χ3n) is 4.74. The van der Waals surface area contributed by atoms with E-state index < -0.39 is 10.8 Å². The number of hydrogen-bond acceptors (Lipinski definition) is 6. The minimum Gasteiger partial charge on any atom is -0.479 e. The van der Waals surface area contributed by atoms with Crippen molar-refractivity contribution in [2.45, 2.75) is 23.3 Å². The second kappa shape index (κ2) is 10.5. The van der Waals surface area contributed by atoms with Crippen molar-refractivity contribution in [1.82, 2.24) is 0 Å². The zero-order valence-corrected chi connectivity index (χ0v) is 19.6. The Bertz CT molecular complexity index is 1340. The average molecular weight is 495 g/mol. The number of amides is 1. The minimum absolute atomic E-state index is 0.0554.